The molecule has 2 rings (SSSR count). The zero-order valence-corrected chi connectivity index (χ0v) is 12.5. The fourth-order valence-corrected chi connectivity index (χ4v) is 4.41. The number of nitrogens with one attached hydrogen (secondary N) is 1. The SMILES string of the molecule is CCN1CCC(NC2CSCC(C)(C)C2)CC1. The van der Waals surface area contributed by atoms with Gasteiger partial charge in [0.05, 0.1) is 0 Å². The molecule has 0 spiro atoms. The lowest BCUT2D eigenvalue weighted by molar-refractivity contribution is 0.191. The van der Waals surface area contributed by atoms with Gasteiger partial charge in [-0.05, 0) is 50.1 Å². The van der Waals surface area contributed by atoms with E-state index in [0.717, 1.165) is 12.1 Å². The van der Waals surface area contributed by atoms with Crippen LogP contribution in [-0.2, 0) is 0 Å². The molecule has 0 aliphatic carbocycles. The Morgan fingerprint density at radius 3 is 2.53 bits per heavy atom. The first-order chi connectivity index (χ1) is 8.09. The van der Waals surface area contributed by atoms with Crippen LogP contribution in [0.1, 0.15) is 40.0 Å². The highest BCUT2D eigenvalue weighted by Crippen LogP contribution is 2.33. The van der Waals surface area contributed by atoms with E-state index in [9.17, 15) is 0 Å². The van der Waals surface area contributed by atoms with E-state index in [4.69, 9.17) is 0 Å². The first-order valence-corrected chi connectivity index (χ1v) is 8.31. The second-order valence-electron chi connectivity index (χ2n) is 6.46. The number of likely N-dealkylation sites (tertiary alicyclic amines) is 1. The molecule has 2 heterocycles. The maximum atomic E-state index is 3.91. The summed E-state index contributed by atoms with van der Waals surface area (Å²) in [6.45, 7) is 10.9. The third-order valence-electron chi connectivity index (χ3n) is 4.12. The molecular weight excluding hydrogens is 228 g/mol. The number of hydrogen-bond acceptors (Lipinski definition) is 3. The summed E-state index contributed by atoms with van der Waals surface area (Å²) in [4.78, 5) is 2.57. The number of piperidine rings is 1. The van der Waals surface area contributed by atoms with Crippen molar-refractivity contribution in [2.45, 2.75) is 52.1 Å². The van der Waals surface area contributed by atoms with E-state index in [1.54, 1.807) is 0 Å². The normalized spacial score (nSPS) is 31.6. The van der Waals surface area contributed by atoms with Gasteiger partial charge < -0.3 is 10.2 Å². The van der Waals surface area contributed by atoms with Crippen LogP contribution in [0.25, 0.3) is 0 Å². The average molecular weight is 256 g/mol. The van der Waals surface area contributed by atoms with Gasteiger partial charge in [-0.15, -0.1) is 0 Å². The van der Waals surface area contributed by atoms with Gasteiger partial charge in [-0.25, -0.2) is 0 Å². The molecule has 2 fully saturated rings. The molecule has 3 heteroatoms. The Hall–Kier alpha value is 0.270. The quantitative estimate of drug-likeness (QED) is 0.835. The Morgan fingerprint density at radius 2 is 1.94 bits per heavy atom. The van der Waals surface area contributed by atoms with Crippen molar-refractivity contribution in [1.82, 2.24) is 10.2 Å². The van der Waals surface area contributed by atoms with Crippen molar-refractivity contribution < 1.29 is 0 Å². The van der Waals surface area contributed by atoms with Crippen LogP contribution >= 0.6 is 11.8 Å². The van der Waals surface area contributed by atoms with E-state index in [2.05, 4.69) is 42.7 Å². The van der Waals surface area contributed by atoms with Crippen molar-refractivity contribution in [2.75, 3.05) is 31.1 Å². The summed E-state index contributed by atoms with van der Waals surface area (Å²) < 4.78 is 0. The van der Waals surface area contributed by atoms with Crippen LogP contribution in [0.4, 0.5) is 0 Å². The van der Waals surface area contributed by atoms with Crippen molar-refractivity contribution >= 4 is 11.8 Å². The molecule has 0 bridgehead atoms. The predicted octanol–water partition coefficient (Wildman–Crippen LogP) is 2.59. The van der Waals surface area contributed by atoms with Crippen LogP contribution < -0.4 is 5.32 Å². The zero-order chi connectivity index (χ0) is 12.3. The number of rotatable bonds is 3. The summed E-state index contributed by atoms with van der Waals surface area (Å²) in [7, 11) is 0. The monoisotopic (exact) mass is 256 g/mol. The number of hydrogen-bond donors (Lipinski definition) is 1. The molecule has 1 atom stereocenters. The van der Waals surface area contributed by atoms with Crippen LogP contribution in [0.3, 0.4) is 0 Å². The standard InChI is InChI=1S/C14H28N2S/c1-4-16-7-5-12(6-8-16)15-13-9-14(2,3)11-17-10-13/h12-13,15H,4-11H2,1-3H3. The lowest BCUT2D eigenvalue weighted by Gasteiger charge is -2.39. The molecular formula is C14H28N2S. The molecule has 0 aromatic carbocycles. The van der Waals surface area contributed by atoms with Gasteiger partial charge in [0.2, 0.25) is 0 Å². The van der Waals surface area contributed by atoms with Crippen molar-refractivity contribution in [3.63, 3.8) is 0 Å². The van der Waals surface area contributed by atoms with Crippen LogP contribution in [-0.4, -0.2) is 48.1 Å². The van der Waals surface area contributed by atoms with Gasteiger partial charge in [0.15, 0.2) is 0 Å². The van der Waals surface area contributed by atoms with Crippen molar-refractivity contribution in [2.24, 2.45) is 5.41 Å². The van der Waals surface area contributed by atoms with Gasteiger partial charge >= 0.3 is 0 Å². The average Bonchev–Trinajstić information content (AvgIpc) is 2.29. The third kappa shape index (κ3) is 4.15. The molecule has 0 amide bonds. The first-order valence-electron chi connectivity index (χ1n) is 7.15. The lowest BCUT2D eigenvalue weighted by atomic mass is 9.87. The van der Waals surface area contributed by atoms with E-state index in [1.807, 2.05) is 0 Å². The van der Waals surface area contributed by atoms with E-state index >= 15 is 0 Å². The minimum absolute atomic E-state index is 0.532. The predicted molar refractivity (Wildman–Crippen MR) is 77.8 cm³/mol. The van der Waals surface area contributed by atoms with Crippen LogP contribution in [0.2, 0.25) is 0 Å². The molecule has 2 saturated heterocycles. The molecule has 2 aliphatic heterocycles. The fourth-order valence-electron chi connectivity index (χ4n) is 3.12. The smallest absolute Gasteiger partial charge is 0.0166 e. The third-order valence-corrected chi connectivity index (χ3v) is 5.74. The Morgan fingerprint density at radius 1 is 1.24 bits per heavy atom. The minimum atomic E-state index is 0.532. The Bertz CT molecular complexity index is 234. The van der Waals surface area contributed by atoms with E-state index in [1.165, 1.54) is 50.4 Å². The van der Waals surface area contributed by atoms with Gasteiger partial charge in [-0.2, -0.15) is 11.8 Å². The molecule has 0 aromatic rings. The Labute approximate surface area is 111 Å². The zero-order valence-electron chi connectivity index (χ0n) is 11.7. The molecule has 17 heavy (non-hydrogen) atoms. The number of thioether (sulfide) groups is 1. The van der Waals surface area contributed by atoms with Crippen molar-refractivity contribution in [1.29, 1.82) is 0 Å². The van der Waals surface area contributed by atoms with Crippen LogP contribution in [0.15, 0.2) is 0 Å². The Kier molecular flexibility index (Phi) is 4.79. The highest BCUT2D eigenvalue weighted by molar-refractivity contribution is 7.99. The fraction of sp³-hybridized carbons (Fsp3) is 1.00. The van der Waals surface area contributed by atoms with Gasteiger partial charge in [0.25, 0.3) is 0 Å². The summed E-state index contributed by atoms with van der Waals surface area (Å²) in [5, 5.41) is 3.91. The van der Waals surface area contributed by atoms with Gasteiger partial charge in [0, 0.05) is 17.8 Å². The summed E-state index contributed by atoms with van der Waals surface area (Å²) >= 11 is 2.13. The van der Waals surface area contributed by atoms with Crippen LogP contribution in [0, 0.1) is 5.41 Å². The van der Waals surface area contributed by atoms with Crippen molar-refractivity contribution in [3.05, 3.63) is 0 Å². The molecule has 1 unspecified atom stereocenters. The second-order valence-corrected chi connectivity index (χ2v) is 7.49. The first kappa shape index (κ1) is 13.7. The molecule has 0 saturated carbocycles. The molecule has 100 valence electrons. The van der Waals surface area contributed by atoms with E-state index in [-0.39, 0.29) is 0 Å². The molecule has 0 aromatic heterocycles. The van der Waals surface area contributed by atoms with E-state index < -0.39 is 0 Å². The highest BCUT2D eigenvalue weighted by Gasteiger charge is 2.30. The second kappa shape index (κ2) is 5.94. The number of nitrogens with zero attached hydrogens (tertiary/aromatic N) is 1. The molecule has 0 radical (unpaired) electrons. The maximum Gasteiger partial charge on any atom is 0.0166 e. The Balaban J connectivity index is 1.74. The molecule has 1 N–H and O–H groups in total. The molecule has 2 nitrogen and oxygen atoms in total. The summed E-state index contributed by atoms with van der Waals surface area (Å²) in [6, 6.07) is 1.53. The largest absolute Gasteiger partial charge is 0.310 e. The van der Waals surface area contributed by atoms with Gasteiger partial charge in [-0.3, -0.25) is 0 Å². The van der Waals surface area contributed by atoms with Gasteiger partial charge in [0.1, 0.15) is 0 Å². The van der Waals surface area contributed by atoms with Gasteiger partial charge in [-0.1, -0.05) is 20.8 Å². The topological polar surface area (TPSA) is 15.3 Å². The minimum Gasteiger partial charge on any atom is -0.310 e. The maximum absolute atomic E-state index is 3.91. The highest BCUT2D eigenvalue weighted by atomic mass is 32.2. The van der Waals surface area contributed by atoms with Crippen LogP contribution in [0.5, 0.6) is 0 Å². The van der Waals surface area contributed by atoms with Crippen molar-refractivity contribution in [3.8, 4) is 0 Å². The summed E-state index contributed by atoms with van der Waals surface area (Å²) in [5.41, 5.74) is 0.532. The summed E-state index contributed by atoms with van der Waals surface area (Å²) in [5.74, 6) is 2.65. The lowest BCUT2D eigenvalue weighted by Crippen LogP contribution is -2.49. The summed E-state index contributed by atoms with van der Waals surface area (Å²) in [6.07, 6.45) is 4.04. The molecule has 2 aliphatic rings. The van der Waals surface area contributed by atoms with E-state index in [0.29, 0.717) is 5.41 Å².